The molecule has 0 spiro atoms. The van der Waals surface area contributed by atoms with Crippen LogP contribution in [0.4, 0.5) is 5.82 Å². The van der Waals surface area contributed by atoms with Gasteiger partial charge in [-0.1, -0.05) is 6.92 Å². The lowest BCUT2D eigenvalue weighted by atomic mass is 10.1. The molecule has 0 aromatic carbocycles. The molecule has 1 aliphatic rings. The fraction of sp³-hybridized carbons (Fsp3) is 0.643. The van der Waals surface area contributed by atoms with E-state index in [0.717, 1.165) is 48.8 Å². The molecule has 0 unspecified atom stereocenters. The summed E-state index contributed by atoms with van der Waals surface area (Å²) in [5.41, 5.74) is 8.20. The number of anilines is 1. The molecule has 1 aliphatic heterocycles. The van der Waals surface area contributed by atoms with E-state index in [-0.39, 0.29) is 6.10 Å². The van der Waals surface area contributed by atoms with Gasteiger partial charge in [-0.2, -0.15) is 16.9 Å². The van der Waals surface area contributed by atoms with Crippen molar-refractivity contribution in [3.63, 3.8) is 0 Å². The number of rotatable bonds is 6. The Kier molecular flexibility index (Phi) is 4.80. The number of aromatic nitrogens is 4. The quantitative estimate of drug-likeness (QED) is 0.712. The van der Waals surface area contributed by atoms with E-state index in [0.29, 0.717) is 17.3 Å². The molecule has 22 heavy (non-hydrogen) atoms. The fourth-order valence-electron chi connectivity index (χ4n) is 2.90. The van der Waals surface area contributed by atoms with Gasteiger partial charge in [0, 0.05) is 32.0 Å². The number of nitrogens with two attached hydrogens (primary N) is 1. The van der Waals surface area contributed by atoms with E-state index >= 15 is 0 Å². The summed E-state index contributed by atoms with van der Waals surface area (Å²) >= 11 is 1.90. The van der Waals surface area contributed by atoms with E-state index in [1.807, 2.05) is 11.8 Å². The van der Waals surface area contributed by atoms with Crippen molar-refractivity contribution < 1.29 is 5.11 Å². The van der Waals surface area contributed by atoms with Crippen molar-refractivity contribution in [1.82, 2.24) is 25.1 Å². The molecule has 120 valence electrons. The number of fused-ring (bicyclic) bond motifs is 1. The molecule has 0 bridgehead atoms. The van der Waals surface area contributed by atoms with Gasteiger partial charge >= 0.3 is 0 Å². The number of aliphatic hydroxyl groups is 1. The maximum Gasteiger partial charge on any atom is 0.155 e. The Morgan fingerprint density at radius 2 is 2.27 bits per heavy atom. The minimum atomic E-state index is -0.212. The second-order valence-electron chi connectivity index (χ2n) is 5.65. The van der Waals surface area contributed by atoms with Crippen LogP contribution in [0.1, 0.15) is 12.6 Å². The van der Waals surface area contributed by atoms with Crippen LogP contribution in [-0.4, -0.2) is 67.4 Å². The molecule has 3 rings (SSSR count). The lowest BCUT2D eigenvalue weighted by molar-refractivity contribution is 0.150. The molecule has 1 fully saturated rings. The van der Waals surface area contributed by atoms with Crippen molar-refractivity contribution in [2.75, 3.05) is 36.9 Å². The van der Waals surface area contributed by atoms with Crippen LogP contribution in [0.15, 0.2) is 6.33 Å². The molecule has 2 aromatic rings. The van der Waals surface area contributed by atoms with Crippen molar-refractivity contribution in [1.29, 1.82) is 0 Å². The van der Waals surface area contributed by atoms with Gasteiger partial charge in [0.2, 0.25) is 0 Å². The molecule has 8 heteroatoms. The average Bonchev–Trinajstić information content (AvgIpc) is 3.07. The van der Waals surface area contributed by atoms with Crippen LogP contribution in [0.5, 0.6) is 0 Å². The first-order valence-corrected chi connectivity index (χ1v) is 8.76. The number of H-pyrrole nitrogens is 1. The Morgan fingerprint density at radius 1 is 1.41 bits per heavy atom. The van der Waals surface area contributed by atoms with Crippen LogP contribution >= 0.6 is 11.8 Å². The zero-order valence-electron chi connectivity index (χ0n) is 12.7. The molecule has 7 nitrogen and oxygen atoms in total. The van der Waals surface area contributed by atoms with Crippen molar-refractivity contribution >= 4 is 28.6 Å². The minimum Gasteiger partial charge on any atom is -0.391 e. The molecule has 2 aromatic heterocycles. The fourth-order valence-corrected chi connectivity index (χ4v) is 3.77. The van der Waals surface area contributed by atoms with Crippen molar-refractivity contribution in [3.05, 3.63) is 12.0 Å². The Bertz CT molecular complexity index is 633. The number of nitrogens with zero attached hydrogens (tertiary/aromatic N) is 4. The van der Waals surface area contributed by atoms with Gasteiger partial charge in [0.25, 0.3) is 0 Å². The highest BCUT2D eigenvalue weighted by atomic mass is 32.2. The zero-order valence-corrected chi connectivity index (χ0v) is 13.5. The third-order valence-electron chi connectivity index (χ3n) is 4.14. The Morgan fingerprint density at radius 3 is 3.09 bits per heavy atom. The van der Waals surface area contributed by atoms with Gasteiger partial charge in [-0.25, -0.2) is 9.97 Å². The summed E-state index contributed by atoms with van der Waals surface area (Å²) in [6.07, 6.45) is 2.07. The Balaban J connectivity index is 1.59. The first-order valence-electron chi connectivity index (χ1n) is 7.60. The van der Waals surface area contributed by atoms with E-state index in [9.17, 15) is 5.11 Å². The predicted octanol–water partition coefficient (Wildman–Crippen LogP) is 0.523. The number of aromatic amines is 1. The van der Waals surface area contributed by atoms with Gasteiger partial charge in [0.1, 0.15) is 11.8 Å². The third-order valence-corrected chi connectivity index (χ3v) is 5.21. The summed E-state index contributed by atoms with van der Waals surface area (Å²) in [6.45, 7) is 4.74. The lowest BCUT2D eigenvalue weighted by Gasteiger charge is -2.14. The molecular formula is C14H22N6OS. The zero-order chi connectivity index (χ0) is 15.5. The smallest absolute Gasteiger partial charge is 0.155 e. The number of thioether (sulfide) groups is 1. The SMILES string of the molecule is CCSC[C@H]1CN(CCc2[nH]nc3c(N)ncnc23)C[C@@H]1O. The van der Waals surface area contributed by atoms with Gasteiger partial charge in [0.15, 0.2) is 11.3 Å². The maximum atomic E-state index is 10.1. The molecule has 2 atom stereocenters. The molecule has 0 amide bonds. The van der Waals surface area contributed by atoms with Crippen LogP contribution in [0.2, 0.25) is 0 Å². The summed E-state index contributed by atoms with van der Waals surface area (Å²) in [5, 5.41) is 17.3. The second kappa shape index (κ2) is 6.80. The number of aliphatic hydroxyl groups excluding tert-OH is 1. The van der Waals surface area contributed by atoms with Crippen LogP contribution in [0.25, 0.3) is 11.0 Å². The lowest BCUT2D eigenvalue weighted by Crippen LogP contribution is -2.24. The highest BCUT2D eigenvalue weighted by molar-refractivity contribution is 7.99. The number of hydrogen-bond donors (Lipinski definition) is 3. The van der Waals surface area contributed by atoms with Gasteiger partial charge < -0.3 is 10.8 Å². The highest BCUT2D eigenvalue weighted by Crippen LogP contribution is 2.22. The first-order chi connectivity index (χ1) is 10.7. The average molecular weight is 322 g/mol. The summed E-state index contributed by atoms with van der Waals surface area (Å²) in [6, 6.07) is 0. The summed E-state index contributed by atoms with van der Waals surface area (Å²) in [5.74, 6) is 2.91. The Hall–Kier alpha value is -1.38. The third kappa shape index (κ3) is 3.18. The first kappa shape index (κ1) is 15.5. The van der Waals surface area contributed by atoms with E-state index in [4.69, 9.17) is 5.73 Å². The molecule has 0 radical (unpaired) electrons. The normalized spacial score (nSPS) is 22.6. The van der Waals surface area contributed by atoms with E-state index in [1.54, 1.807) is 0 Å². The summed E-state index contributed by atoms with van der Waals surface area (Å²) in [4.78, 5) is 10.5. The Labute approximate surface area is 133 Å². The predicted molar refractivity (Wildman–Crippen MR) is 88.7 cm³/mol. The standard InChI is InChI=1S/C14H22N6OS/c1-2-22-7-9-5-20(6-11(9)21)4-3-10-12-13(19-18-10)14(15)17-8-16-12/h8-9,11,21H,2-7H2,1H3,(H,18,19)(H2,15,16,17)/t9-,11+/m1/s1. The van der Waals surface area contributed by atoms with Gasteiger partial charge in [0.05, 0.1) is 11.8 Å². The van der Waals surface area contributed by atoms with Gasteiger partial charge in [-0.3, -0.25) is 10.00 Å². The second-order valence-corrected chi connectivity index (χ2v) is 6.97. The van der Waals surface area contributed by atoms with E-state index in [2.05, 4.69) is 32.0 Å². The molecule has 0 aliphatic carbocycles. The number of nitrogens with one attached hydrogen (secondary N) is 1. The van der Waals surface area contributed by atoms with Crippen LogP contribution in [-0.2, 0) is 6.42 Å². The number of nitrogen functional groups attached to an aromatic ring is 1. The number of likely N-dealkylation sites (tertiary alicyclic amines) is 1. The molecule has 1 saturated heterocycles. The molecule has 0 saturated carbocycles. The van der Waals surface area contributed by atoms with Crippen LogP contribution in [0.3, 0.4) is 0 Å². The molecule has 3 heterocycles. The van der Waals surface area contributed by atoms with Crippen molar-refractivity contribution in [2.45, 2.75) is 19.4 Å². The van der Waals surface area contributed by atoms with Gasteiger partial charge in [-0.15, -0.1) is 0 Å². The maximum absolute atomic E-state index is 10.1. The molecular weight excluding hydrogens is 300 g/mol. The van der Waals surface area contributed by atoms with Crippen LogP contribution in [0, 0.1) is 5.92 Å². The molecule has 4 N–H and O–H groups in total. The van der Waals surface area contributed by atoms with Crippen LogP contribution < -0.4 is 5.73 Å². The minimum absolute atomic E-state index is 0.212. The summed E-state index contributed by atoms with van der Waals surface area (Å²) in [7, 11) is 0. The van der Waals surface area contributed by atoms with E-state index < -0.39 is 0 Å². The van der Waals surface area contributed by atoms with Gasteiger partial charge in [-0.05, 0) is 11.5 Å². The number of β-amino-alcohol motifs (C(OH)–C–C–N with tert-alkyl or cyclic N) is 1. The largest absolute Gasteiger partial charge is 0.391 e. The number of hydrogen-bond acceptors (Lipinski definition) is 7. The monoisotopic (exact) mass is 322 g/mol. The van der Waals surface area contributed by atoms with Crippen molar-refractivity contribution in [3.8, 4) is 0 Å². The highest BCUT2D eigenvalue weighted by Gasteiger charge is 2.30. The summed E-state index contributed by atoms with van der Waals surface area (Å²) < 4.78 is 0. The van der Waals surface area contributed by atoms with E-state index in [1.165, 1.54) is 6.33 Å². The van der Waals surface area contributed by atoms with Crippen molar-refractivity contribution in [2.24, 2.45) is 5.92 Å². The topological polar surface area (TPSA) is 104 Å².